The Morgan fingerprint density at radius 2 is 1.85 bits per heavy atom. The standard InChI is InChI=1S/C20H21N3O3/c1-13-7-8-14(12-17(13)22(2)3)23(4)20(25)15-9-10-16(21-19(15)24)18-6-5-11-26-18/h5-12H,1-4H3,(H,21,24). The molecule has 0 fully saturated rings. The molecule has 0 unspecified atom stereocenters. The van der Waals surface area contributed by atoms with Gasteiger partial charge >= 0.3 is 0 Å². The maximum Gasteiger partial charge on any atom is 0.263 e. The van der Waals surface area contributed by atoms with Gasteiger partial charge in [0.15, 0.2) is 0 Å². The lowest BCUT2D eigenvalue weighted by molar-refractivity contribution is 0.0991. The molecule has 0 aliphatic carbocycles. The summed E-state index contributed by atoms with van der Waals surface area (Å²) in [5, 5.41) is 0. The first-order valence-electron chi connectivity index (χ1n) is 8.21. The van der Waals surface area contributed by atoms with Gasteiger partial charge in [-0.1, -0.05) is 6.07 Å². The largest absolute Gasteiger partial charge is 0.463 e. The van der Waals surface area contributed by atoms with Crippen molar-refractivity contribution in [2.75, 3.05) is 30.9 Å². The highest BCUT2D eigenvalue weighted by atomic mass is 16.3. The van der Waals surface area contributed by atoms with E-state index in [1.807, 2.05) is 44.1 Å². The Balaban J connectivity index is 1.92. The number of hydrogen-bond acceptors (Lipinski definition) is 4. The van der Waals surface area contributed by atoms with Gasteiger partial charge in [-0.25, -0.2) is 0 Å². The quantitative estimate of drug-likeness (QED) is 0.783. The van der Waals surface area contributed by atoms with Crippen LogP contribution in [-0.4, -0.2) is 32.0 Å². The van der Waals surface area contributed by atoms with E-state index < -0.39 is 5.56 Å². The van der Waals surface area contributed by atoms with Gasteiger partial charge in [-0.05, 0) is 48.9 Å². The number of benzene rings is 1. The van der Waals surface area contributed by atoms with E-state index in [-0.39, 0.29) is 11.5 Å². The van der Waals surface area contributed by atoms with E-state index in [9.17, 15) is 9.59 Å². The van der Waals surface area contributed by atoms with Crippen LogP contribution in [0.1, 0.15) is 15.9 Å². The van der Waals surface area contributed by atoms with Crippen LogP contribution < -0.4 is 15.4 Å². The number of carbonyl (C=O) groups excluding carboxylic acids is 1. The maximum atomic E-state index is 12.8. The van der Waals surface area contributed by atoms with Gasteiger partial charge in [-0.3, -0.25) is 9.59 Å². The van der Waals surface area contributed by atoms with E-state index in [0.717, 1.165) is 16.9 Å². The number of nitrogens with one attached hydrogen (secondary N) is 1. The molecule has 3 aromatic rings. The SMILES string of the molecule is Cc1ccc(N(C)C(=O)c2ccc(-c3ccco3)[nH]c2=O)cc1N(C)C. The van der Waals surface area contributed by atoms with E-state index in [4.69, 9.17) is 4.42 Å². The number of carbonyl (C=O) groups is 1. The molecule has 0 aliphatic rings. The third kappa shape index (κ3) is 3.26. The Morgan fingerprint density at radius 3 is 2.46 bits per heavy atom. The molecule has 0 radical (unpaired) electrons. The number of pyridine rings is 1. The molecule has 0 bridgehead atoms. The Morgan fingerprint density at radius 1 is 1.08 bits per heavy atom. The monoisotopic (exact) mass is 351 g/mol. The minimum atomic E-state index is -0.448. The van der Waals surface area contributed by atoms with Gasteiger partial charge in [-0.15, -0.1) is 0 Å². The van der Waals surface area contributed by atoms with Gasteiger partial charge in [0.1, 0.15) is 11.3 Å². The average Bonchev–Trinajstić information content (AvgIpc) is 3.15. The summed E-state index contributed by atoms with van der Waals surface area (Å²) in [6.07, 6.45) is 1.53. The fraction of sp³-hybridized carbons (Fsp3) is 0.200. The molecule has 1 amide bonds. The molecule has 2 heterocycles. The number of nitrogens with zero attached hydrogens (tertiary/aromatic N) is 2. The first kappa shape index (κ1) is 17.5. The second kappa shape index (κ2) is 6.92. The number of rotatable bonds is 4. The van der Waals surface area contributed by atoms with Gasteiger partial charge in [0.05, 0.1) is 12.0 Å². The van der Waals surface area contributed by atoms with E-state index in [1.165, 1.54) is 17.2 Å². The summed E-state index contributed by atoms with van der Waals surface area (Å²) in [6.45, 7) is 2.01. The number of furan rings is 1. The molecule has 0 saturated carbocycles. The van der Waals surface area contributed by atoms with Gasteiger partial charge in [0, 0.05) is 32.5 Å². The van der Waals surface area contributed by atoms with Crippen molar-refractivity contribution in [1.82, 2.24) is 4.98 Å². The molecule has 6 nitrogen and oxygen atoms in total. The summed E-state index contributed by atoms with van der Waals surface area (Å²) in [4.78, 5) is 31.4. The van der Waals surface area contributed by atoms with Crippen LogP contribution in [0.5, 0.6) is 0 Å². The molecule has 0 aliphatic heterocycles. The number of aryl methyl sites for hydroxylation is 1. The lowest BCUT2D eigenvalue weighted by atomic mass is 10.1. The van der Waals surface area contributed by atoms with E-state index in [0.29, 0.717) is 11.5 Å². The van der Waals surface area contributed by atoms with E-state index in [2.05, 4.69) is 4.98 Å². The summed E-state index contributed by atoms with van der Waals surface area (Å²) in [5.74, 6) is 0.175. The van der Waals surface area contributed by atoms with Crippen LogP contribution >= 0.6 is 0 Å². The van der Waals surface area contributed by atoms with Crippen molar-refractivity contribution in [3.63, 3.8) is 0 Å². The molecule has 0 saturated heterocycles. The fourth-order valence-corrected chi connectivity index (χ4v) is 2.80. The molecule has 134 valence electrons. The molecule has 0 atom stereocenters. The number of anilines is 2. The number of aromatic amines is 1. The van der Waals surface area contributed by atoms with Crippen LogP contribution in [0.15, 0.2) is 57.9 Å². The smallest absolute Gasteiger partial charge is 0.263 e. The van der Waals surface area contributed by atoms with Crippen molar-refractivity contribution >= 4 is 17.3 Å². The zero-order valence-corrected chi connectivity index (χ0v) is 15.2. The van der Waals surface area contributed by atoms with E-state index >= 15 is 0 Å². The molecule has 26 heavy (non-hydrogen) atoms. The first-order chi connectivity index (χ1) is 12.4. The van der Waals surface area contributed by atoms with Crippen LogP contribution in [0.4, 0.5) is 11.4 Å². The second-order valence-corrected chi connectivity index (χ2v) is 6.32. The predicted octanol–water partition coefficient (Wildman–Crippen LogP) is 3.29. The highest BCUT2D eigenvalue weighted by Gasteiger charge is 2.18. The Labute approximate surface area is 151 Å². The maximum absolute atomic E-state index is 12.8. The molecule has 6 heteroatoms. The van der Waals surface area contributed by atoms with Gasteiger partial charge < -0.3 is 19.2 Å². The van der Waals surface area contributed by atoms with Crippen molar-refractivity contribution < 1.29 is 9.21 Å². The Bertz CT molecular complexity index is 988. The number of aromatic nitrogens is 1. The Kier molecular flexibility index (Phi) is 4.67. The summed E-state index contributed by atoms with van der Waals surface area (Å²) in [6, 6.07) is 12.4. The number of amides is 1. The molecular weight excluding hydrogens is 330 g/mol. The number of hydrogen-bond donors (Lipinski definition) is 1. The zero-order chi connectivity index (χ0) is 18.8. The van der Waals surface area contributed by atoms with E-state index in [1.54, 1.807) is 25.2 Å². The minimum Gasteiger partial charge on any atom is -0.463 e. The molecule has 2 aromatic heterocycles. The lowest BCUT2D eigenvalue weighted by Gasteiger charge is -2.21. The molecular formula is C20H21N3O3. The summed E-state index contributed by atoms with van der Waals surface area (Å²) in [7, 11) is 5.56. The third-order valence-corrected chi connectivity index (χ3v) is 4.29. The lowest BCUT2D eigenvalue weighted by Crippen LogP contribution is -2.31. The van der Waals surface area contributed by atoms with Crippen LogP contribution in [0.3, 0.4) is 0 Å². The van der Waals surface area contributed by atoms with Crippen molar-refractivity contribution in [2.45, 2.75) is 6.92 Å². The fourth-order valence-electron chi connectivity index (χ4n) is 2.80. The summed E-state index contributed by atoms with van der Waals surface area (Å²) >= 11 is 0. The summed E-state index contributed by atoms with van der Waals surface area (Å²) in [5.41, 5.74) is 3.01. The van der Waals surface area contributed by atoms with Crippen molar-refractivity contribution in [3.05, 3.63) is 70.2 Å². The zero-order valence-electron chi connectivity index (χ0n) is 15.2. The summed E-state index contributed by atoms with van der Waals surface area (Å²) < 4.78 is 5.27. The third-order valence-electron chi connectivity index (χ3n) is 4.29. The van der Waals surface area contributed by atoms with Gasteiger partial charge in [-0.2, -0.15) is 0 Å². The number of H-pyrrole nitrogens is 1. The molecule has 1 N–H and O–H groups in total. The van der Waals surface area contributed by atoms with Gasteiger partial charge in [0.2, 0.25) is 0 Å². The highest BCUT2D eigenvalue weighted by molar-refractivity contribution is 6.05. The Hall–Kier alpha value is -3.28. The first-order valence-corrected chi connectivity index (χ1v) is 8.21. The van der Waals surface area contributed by atoms with Crippen LogP contribution in [0.2, 0.25) is 0 Å². The van der Waals surface area contributed by atoms with Gasteiger partial charge in [0.25, 0.3) is 11.5 Å². The highest BCUT2D eigenvalue weighted by Crippen LogP contribution is 2.25. The van der Waals surface area contributed by atoms with Crippen molar-refractivity contribution in [3.8, 4) is 11.5 Å². The molecule has 0 spiro atoms. The van der Waals surface area contributed by atoms with Crippen molar-refractivity contribution in [2.24, 2.45) is 0 Å². The molecule has 3 rings (SSSR count). The minimum absolute atomic E-state index is 0.0785. The topological polar surface area (TPSA) is 69.5 Å². The van der Waals surface area contributed by atoms with Crippen LogP contribution in [-0.2, 0) is 0 Å². The van der Waals surface area contributed by atoms with Crippen LogP contribution in [0, 0.1) is 6.92 Å². The second-order valence-electron chi connectivity index (χ2n) is 6.32. The normalized spacial score (nSPS) is 10.6. The average molecular weight is 351 g/mol. The predicted molar refractivity (Wildman–Crippen MR) is 103 cm³/mol. The molecule has 1 aromatic carbocycles. The van der Waals surface area contributed by atoms with Crippen LogP contribution in [0.25, 0.3) is 11.5 Å². The van der Waals surface area contributed by atoms with Crippen molar-refractivity contribution in [1.29, 1.82) is 0 Å².